The number of Topliss-reactive ketones (excluding diaryl/α,β-unsaturated/α-hetero) is 1. The fourth-order valence-corrected chi connectivity index (χ4v) is 2.35. The lowest BCUT2D eigenvalue weighted by atomic mass is 9.95. The molecule has 0 unspecified atom stereocenters. The van der Waals surface area contributed by atoms with Gasteiger partial charge in [-0.1, -0.05) is 11.6 Å². The van der Waals surface area contributed by atoms with Crippen molar-refractivity contribution in [2.75, 3.05) is 0 Å². The van der Waals surface area contributed by atoms with Gasteiger partial charge in [0.25, 0.3) is 0 Å². The van der Waals surface area contributed by atoms with Crippen molar-refractivity contribution in [3.05, 3.63) is 57.9 Å². The Balaban J connectivity index is 2.74. The number of rotatable bonds is 2. The molecule has 2 rings (SSSR count). The third-order valence-corrected chi connectivity index (χ3v) is 3.55. The van der Waals surface area contributed by atoms with Gasteiger partial charge in [-0.3, -0.25) is 4.79 Å². The lowest BCUT2D eigenvalue weighted by Gasteiger charge is -2.12. The van der Waals surface area contributed by atoms with Crippen molar-refractivity contribution in [1.82, 2.24) is 0 Å². The number of benzene rings is 2. The first-order chi connectivity index (χ1) is 8.90. The number of halogens is 2. The first kappa shape index (κ1) is 13.8. The molecule has 0 saturated carbocycles. The monoisotopic (exact) mass is 276 g/mol. The molecule has 2 aromatic rings. The highest BCUT2D eigenvalue weighted by Crippen LogP contribution is 2.33. The second-order valence-electron chi connectivity index (χ2n) is 4.66. The highest BCUT2D eigenvalue weighted by molar-refractivity contribution is 6.33. The minimum absolute atomic E-state index is 0.107. The summed E-state index contributed by atoms with van der Waals surface area (Å²) in [5, 5.41) is 0.524. The number of aryl methyl sites for hydroxylation is 2. The molecule has 0 aromatic heterocycles. The smallest absolute Gasteiger partial charge is 0.160 e. The van der Waals surface area contributed by atoms with E-state index < -0.39 is 0 Å². The molecule has 0 aliphatic carbocycles. The molecule has 0 amide bonds. The van der Waals surface area contributed by atoms with Crippen LogP contribution in [0, 0.1) is 19.7 Å². The molecule has 0 aliphatic rings. The molecule has 0 atom stereocenters. The Morgan fingerprint density at radius 3 is 2.32 bits per heavy atom. The van der Waals surface area contributed by atoms with Crippen molar-refractivity contribution in [3.63, 3.8) is 0 Å². The van der Waals surface area contributed by atoms with Crippen LogP contribution in [-0.4, -0.2) is 5.78 Å². The van der Waals surface area contributed by atoms with Crippen molar-refractivity contribution in [3.8, 4) is 11.1 Å². The van der Waals surface area contributed by atoms with Crippen molar-refractivity contribution in [2.45, 2.75) is 20.8 Å². The second-order valence-corrected chi connectivity index (χ2v) is 5.07. The van der Waals surface area contributed by atoms with Crippen LogP contribution in [0.3, 0.4) is 0 Å². The van der Waals surface area contributed by atoms with Crippen LogP contribution < -0.4 is 0 Å². The minimum Gasteiger partial charge on any atom is -0.294 e. The van der Waals surface area contributed by atoms with E-state index in [-0.39, 0.29) is 11.6 Å². The summed E-state index contributed by atoms with van der Waals surface area (Å²) in [6.45, 7) is 5.38. The Labute approximate surface area is 117 Å². The van der Waals surface area contributed by atoms with Gasteiger partial charge < -0.3 is 0 Å². The lowest BCUT2D eigenvalue weighted by molar-refractivity contribution is 0.101. The lowest BCUT2D eigenvalue weighted by Crippen LogP contribution is -1.98. The average Bonchev–Trinajstić information content (AvgIpc) is 2.33. The molecule has 0 heterocycles. The summed E-state index contributed by atoms with van der Waals surface area (Å²) < 4.78 is 13.5. The molecule has 0 spiro atoms. The summed E-state index contributed by atoms with van der Waals surface area (Å²) in [6, 6.07) is 7.86. The maximum atomic E-state index is 13.5. The van der Waals surface area contributed by atoms with Gasteiger partial charge in [0, 0.05) is 16.1 Å². The number of ketones is 1. The SMILES string of the molecule is CC(=O)c1ccc(F)cc1-c1cc(C)c(C)cc1Cl. The van der Waals surface area contributed by atoms with Gasteiger partial charge in [-0.25, -0.2) is 4.39 Å². The first-order valence-corrected chi connectivity index (χ1v) is 6.35. The Kier molecular flexibility index (Phi) is 3.72. The Morgan fingerprint density at radius 2 is 1.68 bits per heavy atom. The van der Waals surface area contributed by atoms with Crippen LogP contribution in [0.2, 0.25) is 5.02 Å². The summed E-state index contributed by atoms with van der Waals surface area (Å²) in [6.07, 6.45) is 0. The molecular weight excluding hydrogens is 263 g/mol. The molecule has 3 heteroatoms. The molecule has 0 bridgehead atoms. The molecule has 2 aromatic carbocycles. The number of carbonyl (C=O) groups excluding carboxylic acids is 1. The highest BCUT2D eigenvalue weighted by atomic mass is 35.5. The quantitative estimate of drug-likeness (QED) is 0.708. The van der Waals surface area contributed by atoms with E-state index in [2.05, 4.69) is 0 Å². The molecule has 98 valence electrons. The van der Waals surface area contributed by atoms with E-state index in [1.807, 2.05) is 26.0 Å². The molecule has 0 fully saturated rings. The molecule has 1 nitrogen and oxygen atoms in total. The predicted molar refractivity (Wildman–Crippen MR) is 76.3 cm³/mol. The first-order valence-electron chi connectivity index (χ1n) is 5.97. The normalized spacial score (nSPS) is 10.6. The number of hydrogen-bond acceptors (Lipinski definition) is 1. The molecule has 19 heavy (non-hydrogen) atoms. The molecule has 0 radical (unpaired) electrons. The van der Waals surface area contributed by atoms with Crippen LogP contribution in [0.1, 0.15) is 28.4 Å². The summed E-state index contributed by atoms with van der Waals surface area (Å²) in [4.78, 5) is 11.6. The van der Waals surface area contributed by atoms with E-state index in [0.29, 0.717) is 21.7 Å². The van der Waals surface area contributed by atoms with Crippen molar-refractivity contribution in [2.24, 2.45) is 0 Å². The summed E-state index contributed by atoms with van der Waals surface area (Å²) in [5.41, 5.74) is 3.83. The van der Waals surface area contributed by atoms with E-state index in [4.69, 9.17) is 11.6 Å². The van der Waals surface area contributed by atoms with Crippen LogP contribution in [0.5, 0.6) is 0 Å². The molecule has 0 saturated heterocycles. The van der Waals surface area contributed by atoms with Crippen LogP contribution in [-0.2, 0) is 0 Å². The van der Waals surface area contributed by atoms with E-state index in [1.165, 1.54) is 25.1 Å². The largest absolute Gasteiger partial charge is 0.294 e. The van der Waals surface area contributed by atoms with Crippen molar-refractivity contribution >= 4 is 17.4 Å². The average molecular weight is 277 g/mol. The van der Waals surface area contributed by atoms with Gasteiger partial charge in [-0.15, -0.1) is 0 Å². The standard InChI is InChI=1S/C16H14ClFO/c1-9-6-15(16(17)7-10(9)2)14-8-12(18)4-5-13(14)11(3)19/h4-8H,1-3H3. The molecule has 0 N–H and O–H groups in total. The Bertz CT molecular complexity index is 662. The minimum atomic E-state index is -0.380. The Morgan fingerprint density at radius 1 is 1.05 bits per heavy atom. The van der Waals surface area contributed by atoms with Gasteiger partial charge in [0.1, 0.15) is 5.82 Å². The number of carbonyl (C=O) groups is 1. The zero-order chi connectivity index (χ0) is 14.2. The van der Waals surface area contributed by atoms with Gasteiger partial charge >= 0.3 is 0 Å². The van der Waals surface area contributed by atoms with Crippen LogP contribution in [0.15, 0.2) is 30.3 Å². The Hall–Kier alpha value is -1.67. The topological polar surface area (TPSA) is 17.1 Å². The van der Waals surface area contributed by atoms with Gasteiger partial charge in [0.15, 0.2) is 5.78 Å². The fraction of sp³-hybridized carbons (Fsp3) is 0.188. The van der Waals surface area contributed by atoms with Gasteiger partial charge in [0.2, 0.25) is 0 Å². The van der Waals surface area contributed by atoms with Crippen LogP contribution in [0.4, 0.5) is 4.39 Å². The summed E-state index contributed by atoms with van der Waals surface area (Å²) >= 11 is 6.23. The fourth-order valence-electron chi connectivity index (χ4n) is 2.03. The zero-order valence-electron chi connectivity index (χ0n) is 11.1. The summed E-state index contributed by atoms with van der Waals surface area (Å²) in [5.74, 6) is -0.487. The summed E-state index contributed by atoms with van der Waals surface area (Å²) in [7, 11) is 0. The zero-order valence-corrected chi connectivity index (χ0v) is 11.8. The van der Waals surface area contributed by atoms with E-state index in [1.54, 1.807) is 0 Å². The maximum absolute atomic E-state index is 13.5. The highest BCUT2D eigenvalue weighted by Gasteiger charge is 2.14. The number of hydrogen-bond donors (Lipinski definition) is 0. The van der Waals surface area contributed by atoms with Crippen LogP contribution >= 0.6 is 11.6 Å². The molecular formula is C16H14ClFO. The van der Waals surface area contributed by atoms with Gasteiger partial charge in [-0.2, -0.15) is 0 Å². The van der Waals surface area contributed by atoms with Gasteiger partial charge in [-0.05, 0) is 67.8 Å². The van der Waals surface area contributed by atoms with Gasteiger partial charge in [0.05, 0.1) is 0 Å². The van der Waals surface area contributed by atoms with Crippen molar-refractivity contribution < 1.29 is 9.18 Å². The third-order valence-electron chi connectivity index (χ3n) is 3.23. The maximum Gasteiger partial charge on any atom is 0.160 e. The van der Waals surface area contributed by atoms with E-state index >= 15 is 0 Å². The van der Waals surface area contributed by atoms with E-state index in [9.17, 15) is 9.18 Å². The van der Waals surface area contributed by atoms with Crippen molar-refractivity contribution in [1.29, 1.82) is 0 Å². The van der Waals surface area contributed by atoms with E-state index in [0.717, 1.165) is 11.1 Å². The third kappa shape index (κ3) is 2.69. The molecule has 0 aliphatic heterocycles. The predicted octanol–water partition coefficient (Wildman–Crippen LogP) is 4.97. The second kappa shape index (κ2) is 5.14. The van der Waals surface area contributed by atoms with Crippen LogP contribution in [0.25, 0.3) is 11.1 Å².